The average Bonchev–Trinajstić information content (AvgIpc) is 0.752. The molecule has 7 aliphatic carbocycles. The molecule has 0 saturated heterocycles. The first-order valence-corrected chi connectivity index (χ1v) is 57.6. The van der Waals surface area contributed by atoms with Gasteiger partial charge in [-0.15, -0.1) is 0 Å². The number of fused-ring (bicyclic) bond motifs is 24. The molecule has 0 fully saturated rings. The summed E-state index contributed by atoms with van der Waals surface area (Å²) in [6, 6.07) is 66.5. The smallest absolute Gasteiger partial charge is 0.00948 e. The third kappa shape index (κ3) is 17.8. The molecule has 3 heteroatoms. The summed E-state index contributed by atoms with van der Waals surface area (Å²) < 4.78 is 1.50. The van der Waals surface area contributed by atoms with Crippen LogP contribution in [-0.2, 0) is 57.0 Å². The van der Waals surface area contributed by atoms with Crippen LogP contribution in [0.25, 0.3) is 0 Å². The molecule has 0 aromatic heterocycles. The van der Waals surface area contributed by atoms with Gasteiger partial charge in [0.05, 0.1) is 0 Å². The summed E-state index contributed by atoms with van der Waals surface area (Å²) in [7, 11) is 0. The zero-order valence-corrected chi connectivity index (χ0v) is 97.8. The van der Waals surface area contributed by atoms with E-state index in [9.17, 15) is 4.79 Å². The second-order valence-electron chi connectivity index (χ2n) is 44.8. The number of allylic oxidation sites excluding steroid dienone is 1. The summed E-state index contributed by atoms with van der Waals surface area (Å²) in [5, 5.41) is 0. The zero-order chi connectivity index (χ0) is 95.1. The van der Waals surface area contributed by atoms with Crippen molar-refractivity contribution in [2.24, 2.45) is 0 Å². The van der Waals surface area contributed by atoms with E-state index in [-0.39, 0.29) is 76.8 Å². The Morgan fingerprint density at radius 1 is 0.157 bits per heavy atom. The number of rotatable bonds is 1. The van der Waals surface area contributed by atoms with E-state index >= 15 is 0 Å². The van der Waals surface area contributed by atoms with E-state index in [1.165, 1.54) is 268 Å². The summed E-state index contributed by atoms with van der Waals surface area (Å²) in [5.41, 5.74) is 72.4. The Morgan fingerprint density at radius 2 is 0.231 bits per heavy atom. The van der Waals surface area contributed by atoms with E-state index in [1.807, 2.05) is 6.92 Å². The van der Waals surface area contributed by atoms with Gasteiger partial charge in [-0.2, -0.15) is 0 Å². The van der Waals surface area contributed by atoms with E-state index in [0.717, 1.165) is 173 Å². The van der Waals surface area contributed by atoms with E-state index in [1.54, 1.807) is 6.92 Å². The Balaban J connectivity index is 0.00000143. The molecule has 134 heavy (non-hydrogen) atoms. The Kier molecular flexibility index (Phi) is 27.7. The maximum atomic E-state index is 10.6. The molecule has 12 aromatic carbocycles. The fourth-order valence-electron chi connectivity index (χ4n) is 28.8. The van der Waals surface area contributed by atoms with E-state index in [4.69, 9.17) is 0 Å². The molecule has 0 heterocycles. The number of hydrogen-bond acceptors (Lipinski definition) is 1. The van der Waals surface area contributed by atoms with Crippen molar-refractivity contribution in [3.8, 4) is 0 Å². The number of ketones is 1. The molecule has 0 amide bonds. The Bertz CT molecular complexity index is 5440. The van der Waals surface area contributed by atoms with Crippen molar-refractivity contribution in [3.63, 3.8) is 0 Å². The summed E-state index contributed by atoms with van der Waals surface area (Å²) in [4.78, 5) is 10.6. The Hall–Kier alpha value is -8.08. The molecule has 1 nitrogen and oxygen atoms in total. The quantitative estimate of drug-likeness (QED) is 0.118. The summed E-state index contributed by atoms with van der Waals surface area (Å²) >= 11 is 1.45. The minimum atomic E-state index is 0.158. The van der Waals surface area contributed by atoms with Gasteiger partial charge in [0.2, 0.25) is 0 Å². The van der Waals surface area contributed by atoms with E-state index in [0.29, 0.717) is 0 Å². The van der Waals surface area contributed by atoms with Crippen molar-refractivity contribution in [3.05, 3.63) is 419 Å². The minimum Gasteiger partial charge on any atom is -0.0558 e. The molecule has 36 bridgehead atoms. The first-order chi connectivity index (χ1) is 63.9. The van der Waals surface area contributed by atoms with Crippen LogP contribution in [0.3, 0.4) is 0 Å². The molecular formula is C131H150Hg2O. The third-order valence-corrected chi connectivity index (χ3v) is 40.0. The van der Waals surface area contributed by atoms with E-state index < -0.39 is 0 Å². The van der Waals surface area contributed by atoms with Gasteiger partial charge >= 0.3 is 82.8 Å². The van der Waals surface area contributed by atoms with Crippen LogP contribution in [0.2, 0.25) is 0 Å². The monoisotopic (exact) mass is 2140 g/mol. The van der Waals surface area contributed by atoms with Crippen LogP contribution in [0.4, 0.5) is 0 Å². The molecule has 0 N–H and O–H groups in total. The average molecular weight is 2140 g/mol. The van der Waals surface area contributed by atoms with E-state index in [2.05, 4.69) is 312 Å². The molecular weight excluding hydrogens is 1990 g/mol. The Labute approximate surface area is 840 Å². The van der Waals surface area contributed by atoms with Gasteiger partial charge in [0.25, 0.3) is 0 Å². The molecule has 0 aliphatic heterocycles. The second-order valence-corrected chi connectivity index (χ2v) is 66.5. The molecule has 0 atom stereocenters. The van der Waals surface area contributed by atoms with Gasteiger partial charge in [0.15, 0.2) is 0 Å². The van der Waals surface area contributed by atoms with Crippen molar-refractivity contribution in [2.75, 3.05) is 0 Å². The molecule has 12 aromatic rings. The maximum absolute atomic E-state index is 10.6. The van der Waals surface area contributed by atoms with Crippen LogP contribution in [0.15, 0.2) is 152 Å². The molecule has 684 valence electrons. The SMILES string of the molecule is CC(=O)C(C)=[C]([Hg])[Hg].Cc1cc(C)c2cc1C1CCCC3c4cc(c(C)cc4C)C4CCCC5c6cc(c(C)cc6C)C6CCCC2c2cc(c(C)cc2C)[C@H]2CCC[C@@H](c7cc1c(C)cc7C)c1cc(c(C)cc1C)[C@H](CCC[C@@H](c1cc4c(C)cc1C)c1cc(c(C)cc1C)[C@H](CCC[C@@H](c1cc6c(C)cc1C)c1cc2c(C)cc1C)c1cc5c(C)cc1C)c1cc3c(C)cc1C. The second kappa shape index (κ2) is 38.6. The summed E-state index contributed by atoms with van der Waals surface area (Å²) in [6.07, 6.45) is 19.1. The van der Waals surface area contributed by atoms with Gasteiger partial charge in [0, 0.05) is 71.0 Å². The molecule has 0 radical (unpaired) electrons. The molecule has 19 rings (SSSR count). The van der Waals surface area contributed by atoms with Crippen LogP contribution >= 0.6 is 0 Å². The van der Waals surface area contributed by atoms with Crippen LogP contribution < -0.4 is 0 Å². The van der Waals surface area contributed by atoms with Crippen molar-refractivity contribution >= 4 is 5.78 Å². The molecule has 0 spiro atoms. The van der Waals surface area contributed by atoms with Gasteiger partial charge in [0.1, 0.15) is 0 Å². The van der Waals surface area contributed by atoms with Crippen LogP contribution in [-0.4, -0.2) is 5.78 Å². The normalized spacial score (nSPS) is 21.8. The predicted octanol–water partition coefficient (Wildman–Crippen LogP) is 35.0. The van der Waals surface area contributed by atoms with Gasteiger partial charge in [-0.1, -0.05) is 184 Å². The number of Topliss-reactive ketones (excluding diaryl/α,β-unsaturated/α-hetero) is 1. The van der Waals surface area contributed by atoms with Crippen LogP contribution in [0, 0.1) is 166 Å². The van der Waals surface area contributed by atoms with Crippen molar-refractivity contribution in [2.45, 2.75) is 367 Å². The van der Waals surface area contributed by atoms with Crippen LogP contribution in [0.1, 0.15) is 467 Å². The number of benzene rings is 12. The van der Waals surface area contributed by atoms with Crippen molar-refractivity contribution in [1.29, 1.82) is 0 Å². The number of carbonyl (C=O) groups is 1. The summed E-state index contributed by atoms with van der Waals surface area (Å²) in [5.74, 6) is 2.16. The summed E-state index contributed by atoms with van der Waals surface area (Å²) in [6.45, 7) is 63.8. The van der Waals surface area contributed by atoms with Gasteiger partial charge < -0.3 is 0 Å². The van der Waals surface area contributed by atoms with Gasteiger partial charge in [-0.25, -0.2) is 0 Å². The number of aryl methyl sites for hydroxylation is 24. The zero-order valence-electron chi connectivity index (χ0n) is 86.8. The van der Waals surface area contributed by atoms with Crippen LogP contribution in [0.5, 0.6) is 0 Å². The Morgan fingerprint density at radius 3 is 0.284 bits per heavy atom. The topological polar surface area (TPSA) is 17.1 Å². The standard InChI is InChI=1S/C126H144.C5H6O.2Hg/c1-67-43-68(2)104-55-103(67)91-31-25-32-93-105-56-107(71(5)44-69(105)3)96-37-28-38-99-112-59-110(74(8)47-76(112)10)98(120-63-119(93)83(17)51-84(120)18)39-29-40-101-113-60-114(78(12)48-77(113)11)102(126-66-125(99)89(23)54-90(126)24)42-30-41-100-111-58-109(73(7)46-75(111)9)97(123-65-124(101)88(22)53-87(123)21)36-27-35-94(116-61-115(91)79(13)49-80(116)14)106-57-108(72(6)45-70(106)4)95(121-64-122(100)86(20)52-85(121)19)34-26-33-92(104)117-62-118(96)82(16)50-81(117)15;1-4(2)5(3)6;;/h43-66,91-102H,25-42H2,1-24H3;1,3H3;;/t91-,92?,93+,94+,95?,96?,97-,98-,99?,100?,101+,102?;;;. The van der Waals surface area contributed by atoms with Gasteiger partial charge in [-0.3, -0.25) is 0 Å². The predicted molar refractivity (Wildman–Crippen MR) is 560 cm³/mol. The molecule has 0 saturated carbocycles. The van der Waals surface area contributed by atoms with Crippen molar-refractivity contribution < 1.29 is 57.0 Å². The maximum Gasteiger partial charge on any atom is 0.00948 e. The van der Waals surface area contributed by atoms with Gasteiger partial charge in [-0.05, 0) is 510 Å². The minimum absolute atomic E-state index is 0.158. The third-order valence-electron chi connectivity index (χ3n) is 35.8. The molecule has 7 aliphatic rings. The first kappa shape index (κ1) is 96.2. The largest absolute Gasteiger partial charge is 0.0558 e. The first-order valence-electron chi connectivity index (χ1n) is 52.1. The fourth-order valence-corrected chi connectivity index (χ4v) is 30.7. The number of hydrogen-bond donors (Lipinski definition) is 0. The molecule has 0 unspecified atom stereocenters. The van der Waals surface area contributed by atoms with Crippen molar-refractivity contribution in [1.82, 2.24) is 0 Å². The fraction of sp³-hybridized carbons (Fsp3) is 0.427. The number of carbonyl (C=O) groups excluding carboxylic acids is 1.